The maximum absolute atomic E-state index is 12.7. The van der Waals surface area contributed by atoms with Gasteiger partial charge in [-0.25, -0.2) is 4.79 Å². The van der Waals surface area contributed by atoms with E-state index in [9.17, 15) is 18.0 Å². The first-order valence-corrected chi connectivity index (χ1v) is 7.37. The van der Waals surface area contributed by atoms with Crippen molar-refractivity contribution in [3.05, 3.63) is 47.5 Å². The molecule has 1 aromatic carbocycles. The molecule has 4 nitrogen and oxygen atoms in total. The van der Waals surface area contributed by atoms with Gasteiger partial charge in [0.25, 0.3) is 0 Å². The quantitative estimate of drug-likeness (QED) is 0.816. The molecule has 1 aliphatic carbocycles. The summed E-state index contributed by atoms with van der Waals surface area (Å²) in [5.41, 5.74) is 5.24. The highest BCUT2D eigenvalue weighted by molar-refractivity contribution is 5.67. The van der Waals surface area contributed by atoms with Crippen molar-refractivity contribution in [2.75, 3.05) is 13.1 Å². The van der Waals surface area contributed by atoms with Crippen molar-refractivity contribution < 1.29 is 22.7 Å². The Bertz CT molecular complexity index is 567. The van der Waals surface area contributed by atoms with Crippen LogP contribution in [-0.4, -0.2) is 25.3 Å². The maximum Gasteiger partial charge on any atom is 0.416 e. The molecule has 0 aromatic heterocycles. The average Bonchev–Trinajstić information content (AvgIpc) is 2.46. The van der Waals surface area contributed by atoms with Gasteiger partial charge >= 0.3 is 12.3 Å². The van der Waals surface area contributed by atoms with Crippen molar-refractivity contribution in [1.29, 1.82) is 0 Å². The zero-order chi connectivity index (χ0) is 16.9. The number of nitrogens with two attached hydrogens (primary N) is 1. The van der Waals surface area contributed by atoms with E-state index < -0.39 is 17.8 Å². The van der Waals surface area contributed by atoms with Crippen molar-refractivity contribution in [1.82, 2.24) is 5.32 Å². The number of carbonyl (C=O) groups excluding carboxylic acids is 1. The zero-order valence-electron chi connectivity index (χ0n) is 12.5. The van der Waals surface area contributed by atoms with Crippen LogP contribution in [-0.2, 0) is 10.9 Å². The minimum atomic E-state index is -4.34. The second kappa shape index (κ2) is 7.50. The van der Waals surface area contributed by atoms with E-state index in [4.69, 9.17) is 10.5 Å². The number of halogens is 3. The highest BCUT2D eigenvalue weighted by atomic mass is 19.4. The zero-order valence-corrected chi connectivity index (χ0v) is 12.5. The molecule has 1 aromatic rings. The summed E-state index contributed by atoms with van der Waals surface area (Å²) in [7, 11) is 0. The Labute approximate surface area is 132 Å². The number of benzene rings is 1. The molecule has 7 heteroatoms. The van der Waals surface area contributed by atoms with Crippen molar-refractivity contribution in [2.24, 2.45) is 5.73 Å². The molecule has 0 saturated heterocycles. The number of amides is 1. The molecule has 1 aliphatic rings. The van der Waals surface area contributed by atoms with E-state index in [0.29, 0.717) is 31.5 Å². The first-order valence-electron chi connectivity index (χ1n) is 7.37. The van der Waals surface area contributed by atoms with Crippen molar-refractivity contribution >= 4 is 6.09 Å². The van der Waals surface area contributed by atoms with E-state index in [1.807, 2.05) is 0 Å². The van der Waals surface area contributed by atoms with E-state index in [1.54, 1.807) is 18.2 Å². The molecular weight excluding hydrogens is 309 g/mol. The first-order chi connectivity index (χ1) is 10.9. The van der Waals surface area contributed by atoms with Crippen LogP contribution in [0.4, 0.5) is 18.0 Å². The summed E-state index contributed by atoms with van der Waals surface area (Å²) in [5.74, 6) is -0.00719. The van der Waals surface area contributed by atoms with Gasteiger partial charge in [-0.15, -0.1) is 0 Å². The number of alkyl carbamates (subject to hydrolysis) is 1. The Morgan fingerprint density at radius 3 is 2.74 bits per heavy atom. The van der Waals surface area contributed by atoms with Gasteiger partial charge in [0.15, 0.2) is 0 Å². The van der Waals surface area contributed by atoms with Crippen LogP contribution >= 0.6 is 0 Å². The first kappa shape index (κ1) is 17.3. The van der Waals surface area contributed by atoms with Crippen LogP contribution in [0.2, 0.25) is 0 Å². The van der Waals surface area contributed by atoms with Crippen LogP contribution in [0.25, 0.3) is 0 Å². The van der Waals surface area contributed by atoms with Gasteiger partial charge in [-0.1, -0.05) is 30.4 Å². The number of carbonyl (C=O) groups is 1. The lowest BCUT2D eigenvalue weighted by molar-refractivity contribution is -0.137. The molecule has 1 saturated carbocycles. The van der Waals surface area contributed by atoms with E-state index in [0.717, 1.165) is 6.07 Å². The summed E-state index contributed by atoms with van der Waals surface area (Å²) >= 11 is 0. The molecule has 0 heterocycles. The Balaban J connectivity index is 1.78. The third kappa shape index (κ3) is 4.99. The molecule has 2 rings (SSSR count). The summed E-state index contributed by atoms with van der Waals surface area (Å²) < 4.78 is 43.2. The van der Waals surface area contributed by atoms with Gasteiger partial charge in [0.1, 0.15) is 6.10 Å². The van der Waals surface area contributed by atoms with E-state index in [1.165, 1.54) is 12.1 Å². The van der Waals surface area contributed by atoms with Crippen LogP contribution in [0, 0.1) is 0 Å². The minimum Gasteiger partial charge on any atom is -0.446 e. The van der Waals surface area contributed by atoms with Crippen LogP contribution < -0.4 is 11.1 Å². The summed E-state index contributed by atoms with van der Waals surface area (Å²) in [6.07, 6.45) is -0.624. The Morgan fingerprint density at radius 2 is 2.09 bits per heavy atom. The third-order valence-corrected chi connectivity index (χ3v) is 3.72. The Morgan fingerprint density at radius 1 is 1.35 bits per heavy atom. The number of hydrogen-bond acceptors (Lipinski definition) is 3. The molecule has 126 valence electrons. The van der Waals surface area contributed by atoms with Crippen molar-refractivity contribution in [2.45, 2.75) is 31.0 Å². The fraction of sp³-hybridized carbons (Fsp3) is 0.438. The number of nitrogens with one attached hydrogen (secondary N) is 1. The van der Waals surface area contributed by atoms with E-state index in [-0.39, 0.29) is 12.0 Å². The molecular formula is C16H19F3N2O2. The SMILES string of the molecule is NC/C=C/CNC(=O)OC1CC(c2cccc(C(F)(F)F)c2)C1. The minimum absolute atomic E-state index is 0.00719. The standard InChI is InChI=1S/C16H19F3N2O2/c17-16(18,19)13-5-3-4-11(8-13)12-9-14(10-12)23-15(22)21-7-2-1-6-20/h1-5,8,12,14H,6-7,9-10,20H2,(H,21,22)/b2-1+. The second-order valence-corrected chi connectivity index (χ2v) is 5.41. The van der Waals surface area contributed by atoms with Gasteiger partial charge in [0.2, 0.25) is 0 Å². The Kier molecular flexibility index (Phi) is 5.65. The normalized spacial score (nSPS) is 21.0. The van der Waals surface area contributed by atoms with E-state index in [2.05, 4.69) is 5.32 Å². The lowest BCUT2D eigenvalue weighted by Gasteiger charge is -2.35. The molecule has 0 aliphatic heterocycles. The summed E-state index contributed by atoms with van der Waals surface area (Å²) in [6.45, 7) is 0.734. The molecule has 1 amide bonds. The topological polar surface area (TPSA) is 64.3 Å². The molecule has 23 heavy (non-hydrogen) atoms. The number of rotatable bonds is 5. The lowest BCUT2D eigenvalue weighted by Crippen LogP contribution is -2.36. The lowest BCUT2D eigenvalue weighted by atomic mass is 9.77. The smallest absolute Gasteiger partial charge is 0.416 e. The number of hydrogen-bond donors (Lipinski definition) is 2. The van der Waals surface area contributed by atoms with Crippen LogP contribution in [0.15, 0.2) is 36.4 Å². The highest BCUT2D eigenvalue weighted by Crippen LogP contribution is 2.40. The van der Waals surface area contributed by atoms with Gasteiger partial charge < -0.3 is 15.8 Å². The average molecular weight is 328 g/mol. The predicted octanol–water partition coefficient (Wildman–Crippen LogP) is 3.19. The van der Waals surface area contributed by atoms with Crippen LogP contribution in [0.1, 0.15) is 29.9 Å². The second-order valence-electron chi connectivity index (χ2n) is 5.41. The molecule has 0 bridgehead atoms. The van der Waals surface area contributed by atoms with Crippen LogP contribution in [0.5, 0.6) is 0 Å². The molecule has 0 radical (unpaired) electrons. The summed E-state index contributed by atoms with van der Waals surface area (Å²) in [4.78, 5) is 11.5. The third-order valence-electron chi connectivity index (χ3n) is 3.72. The largest absolute Gasteiger partial charge is 0.446 e. The maximum atomic E-state index is 12.7. The Hall–Kier alpha value is -2.02. The van der Waals surface area contributed by atoms with Gasteiger partial charge in [-0.2, -0.15) is 13.2 Å². The molecule has 1 fully saturated rings. The highest BCUT2D eigenvalue weighted by Gasteiger charge is 2.35. The predicted molar refractivity (Wildman–Crippen MR) is 79.9 cm³/mol. The van der Waals surface area contributed by atoms with Crippen molar-refractivity contribution in [3.8, 4) is 0 Å². The summed E-state index contributed by atoms with van der Waals surface area (Å²) in [6, 6.07) is 5.30. The molecule has 0 spiro atoms. The number of ether oxygens (including phenoxy) is 1. The summed E-state index contributed by atoms with van der Waals surface area (Å²) in [5, 5.41) is 2.55. The van der Waals surface area contributed by atoms with Gasteiger partial charge in [0.05, 0.1) is 5.56 Å². The van der Waals surface area contributed by atoms with Crippen LogP contribution in [0.3, 0.4) is 0 Å². The number of alkyl halides is 3. The van der Waals surface area contributed by atoms with E-state index >= 15 is 0 Å². The fourth-order valence-electron chi connectivity index (χ4n) is 2.42. The van der Waals surface area contributed by atoms with Gasteiger partial charge in [0, 0.05) is 13.1 Å². The monoisotopic (exact) mass is 328 g/mol. The fourth-order valence-corrected chi connectivity index (χ4v) is 2.42. The van der Waals surface area contributed by atoms with Crippen molar-refractivity contribution in [3.63, 3.8) is 0 Å². The molecule has 0 atom stereocenters. The molecule has 0 unspecified atom stereocenters. The molecule has 3 N–H and O–H groups in total. The van der Waals surface area contributed by atoms with Gasteiger partial charge in [-0.05, 0) is 30.4 Å². The van der Waals surface area contributed by atoms with Gasteiger partial charge in [-0.3, -0.25) is 0 Å².